The van der Waals surface area contributed by atoms with E-state index >= 15 is 0 Å². The molecule has 10 nitrogen and oxygen atoms in total. The van der Waals surface area contributed by atoms with Gasteiger partial charge in [0, 0.05) is 22.3 Å². The molecule has 3 aromatic rings. The molecule has 196 valence electrons. The van der Waals surface area contributed by atoms with Crippen molar-refractivity contribution in [2.45, 2.75) is 18.3 Å². The lowest BCUT2D eigenvalue weighted by Crippen LogP contribution is -2.48. The van der Waals surface area contributed by atoms with Crippen LogP contribution < -0.4 is 10.5 Å². The van der Waals surface area contributed by atoms with E-state index in [2.05, 4.69) is 4.98 Å². The lowest BCUT2D eigenvalue weighted by atomic mass is 10.0. The lowest BCUT2D eigenvalue weighted by Gasteiger charge is -2.28. The SMILES string of the molecule is O=C1O[C@@H](CN(C(=O)O)C(CO)CO)CN1c1ccc2cc(-c3ccccc3C(F)(F)F)[nH]c(=O)c2c1. The fourth-order valence-corrected chi connectivity index (χ4v) is 4.21. The smallest absolute Gasteiger partial charge is 0.417 e. The zero-order valence-corrected chi connectivity index (χ0v) is 19.1. The fraction of sp³-hybridized carbons (Fsp3) is 0.292. The van der Waals surface area contributed by atoms with Crippen molar-refractivity contribution in [1.29, 1.82) is 0 Å². The normalized spacial score (nSPS) is 15.9. The van der Waals surface area contributed by atoms with E-state index in [0.717, 1.165) is 11.0 Å². The van der Waals surface area contributed by atoms with Gasteiger partial charge in [0.15, 0.2) is 0 Å². The van der Waals surface area contributed by atoms with Crippen LogP contribution in [0.2, 0.25) is 0 Å². The van der Waals surface area contributed by atoms with Gasteiger partial charge in [0.2, 0.25) is 0 Å². The fourth-order valence-electron chi connectivity index (χ4n) is 4.21. The highest BCUT2D eigenvalue weighted by Crippen LogP contribution is 2.36. The van der Waals surface area contributed by atoms with E-state index < -0.39 is 54.8 Å². The molecule has 37 heavy (non-hydrogen) atoms. The van der Waals surface area contributed by atoms with Crippen LogP contribution in [-0.2, 0) is 10.9 Å². The number of hydrogen-bond donors (Lipinski definition) is 4. The molecule has 0 saturated carbocycles. The summed E-state index contributed by atoms with van der Waals surface area (Å²) in [4.78, 5) is 41.2. The molecule has 13 heteroatoms. The van der Waals surface area contributed by atoms with Crippen molar-refractivity contribution in [2.75, 3.05) is 31.2 Å². The number of aliphatic hydroxyl groups is 2. The van der Waals surface area contributed by atoms with Crippen molar-refractivity contribution in [1.82, 2.24) is 9.88 Å². The summed E-state index contributed by atoms with van der Waals surface area (Å²) in [6.45, 7) is -1.64. The van der Waals surface area contributed by atoms with Crippen molar-refractivity contribution in [2.24, 2.45) is 0 Å². The highest BCUT2D eigenvalue weighted by molar-refractivity contribution is 5.95. The molecule has 1 saturated heterocycles. The molecule has 0 radical (unpaired) electrons. The quantitative estimate of drug-likeness (QED) is 0.374. The Bertz CT molecular complexity index is 1390. The maximum Gasteiger partial charge on any atom is 0.417 e. The average molecular weight is 521 g/mol. The number of alkyl halides is 3. The predicted molar refractivity (Wildman–Crippen MR) is 125 cm³/mol. The number of anilines is 1. The number of amides is 2. The summed E-state index contributed by atoms with van der Waals surface area (Å²) in [5.41, 5.74) is -1.50. The van der Waals surface area contributed by atoms with Crippen LogP contribution in [0.3, 0.4) is 0 Å². The number of carbonyl (C=O) groups excluding carboxylic acids is 1. The van der Waals surface area contributed by atoms with Crippen molar-refractivity contribution < 1.29 is 42.8 Å². The van der Waals surface area contributed by atoms with E-state index in [0.29, 0.717) is 5.39 Å². The summed E-state index contributed by atoms with van der Waals surface area (Å²) in [5, 5.41) is 28.4. The summed E-state index contributed by atoms with van der Waals surface area (Å²) < 4.78 is 45.6. The Morgan fingerprint density at radius 1 is 1.14 bits per heavy atom. The first-order chi connectivity index (χ1) is 17.5. The summed E-state index contributed by atoms with van der Waals surface area (Å²) >= 11 is 0. The Balaban J connectivity index is 1.62. The monoisotopic (exact) mass is 521 g/mol. The van der Waals surface area contributed by atoms with E-state index in [1.165, 1.54) is 47.4 Å². The second kappa shape index (κ2) is 10.1. The third kappa shape index (κ3) is 5.22. The molecule has 1 aliphatic heterocycles. The Hall–Kier alpha value is -4.10. The van der Waals surface area contributed by atoms with Crippen molar-refractivity contribution in [3.8, 4) is 11.3 Å². The molecule has 0 bridgehead atoms. The number of aliphatic hydroxyl groups excluding tert-OH is 2. The number of aromatic amines is 1. The molecule has 4 rings (SSSR count). The van der Waals surface area contributed by atoms with Gasteiger partial charge >= 0.3 is 18.4 Å². The first-order valence-corrected chi connectivity index (χ1v) is 11.1. The minimum absolute atomic E-state index is 0.0186. The summed E-state index contributed by atoms with van der Waals surface area (Å²) in [5.74, 6) is 0. The Morgan fingerprint density at radius 2 is 1.84 bits per heavy atom. The van der Waals surface area contributed by atoms with Crippen LogP contribution in [0.1, 0.15) is 5.56 Å². The molecular formula is C24H22F3N3O7. The largest absolute Gasteiger partial charge is 0.465 e. The minimum atomic E-state index is -4.62. The molecule has 2 aromatic carbocycles. The Labute approximate surface area is 207 Å². The van der Waals surface area contributed by atoms with Gasteiger partial charge in [0.25, 0.3) is 5.56 Å². The number of H-pyrrole nitrogens is 1. The first kappa shape index (κ1) is 26.0. The number of cyclic esters (lactones) is 1. The lowest BCUT2D eigenvalue weighted by molar-refractivity contribution is -0.137. The van der Waals surface area contributed by atoms with Gasteiger partial charge in [-0.15, -0.1) is 0 Å². The number of nitrogens with one attached hydrogen (secondary N) is 1. The minimum Gasteiger partial charge on any atom is -0.465 e. The second-order valence-electron chi connectivity index (χ2n) is 8.40. The number of carboxylic acid groups (broad SMARTS) is 1. The maximum atomic E-state index is 13.4. The van der Waals surface area contributed by atoms with Crippen molar-refractivity contribution >= 4 is 28.6 Å². The second-order valence-corrected chi connectivity index (χ2v) is 8.40. The van der Waals surface area contributed by atoms with Crippen LogP contribution >= 0.6 is 0 Å². The first-order valence-electron chi connectivity index (χ1n) is 11.1. The molecule has 0 spiro atoms. The summed E-state index contributed by atoms with van der Waals surface area (Å²) in [6.07, 6.45) is -7.75. The van der Waals surface area contributed by atoms with Gasteiger partial charge < -0.3 is 25.0 Å². The molecule has 1 aliphatic rings. The third-order valence-electron chi connectivity index (χ3n) is 6.05. The Kier molecular flexibility index (Phi) is 7.09. The number of ether oxygens (including phenoxy) is 1. The molecule has 0 unspecified atom stereocenters. The van der Waals surface area contributed by atoms with E-state index in [9.17, 15) is 42.9 Å². The molecular weight excluding hydrogens is 499 g/mol. The number of rotatable bonds is 7. The van der Waals surface area contributed by atoms with E-state index in [1.807, 2.05) is 0 Å². The molecule has 4 N–H and O–H groups in total. The highest BCUT2D eigenvalue weighted by atomic mass is 19.4. The molecule has 2 amide bonds. The zero-order chi connectivity index (χ0) is 26.9. The maximum absolute atomic E-state index is 13.4. The Morgan fingerprint density at radius 3 is 2.49 bits per heavy atom. The zero-order valence-electron chi connectivity index (χ0n) is 19.1. The standard InChI is InChI=1S/C24H22F3N3O7/c25-24(26,27)19-4-2-1-3-17(19)20-7-13-5-6-14(8-18(13)21(33)28-20)30-10-16(37-23(30)36)9-29(22(34)35)15(11-31)12-32/h1-8,15-16,31-32H,9-12H2,(H,28,33)(H,34,35)/t16-/m0/s1. The van der Waals surface area contributed by atoms with Crippen molar-refractivity contribution in [3.63, 3.8) is 0 Å². The van der Waals surface area contributed by atoms with Crippen LogP contribution in [0.25, 0.3) is 22.0 Å². The summed E-state index contributed by atoms with van der Waals surface area (Å²) in [6, 6.07) is 9.53. The molecule has 0 aliphatic carbocycles. The topological polar surface area (TPSA) is 143 Å². The van der Waals surface area contributed by atoms with Gasteiger partial charge in [-0.1, -0.05) is 24.3 Å². The van der Waals surface area contributed by atoms with E-state index in [4.69, 9.17) is 4.74 Å². The number of nitrogens with zero attached hydrogens (tertiary/aromatic N) is 2. The number of fused-ring (bicyclic) bond motifs is 1. The van der Waals surface area contributed by atoms with Crippen LogP contribution in [0.15, 0.2) is 53.3 Å². The number of benzene rings is 2. The van der Waals surface area contributed by atoms with Gasteiger partial charge in [-0.25, -0.2) is 9.59 Å². The van der Waals surface area contributed by atoms with E-state index in [-0.39, 0.29) is 35.4 Å². The highest BCUT2D eigenvalue weighted by Gasteiger charge is 2.37. The van der Waals surface area contributed by atoms with Crippen LogP contribution in [0.4, 0.5) is 28.4 Å². The number of pyridine rings is 1. The number of carbonyl (C=O) groups is 2. The predicted octanol–water partition coefficient (Wildman–Crippen LogP) is 2.87. The third-order valence-corrected chi connectivity index (χ3v) is 6.05. The number of hydrogen-bond acceptors (Lipinski definition) is 6. The number of aromatic nitrogens is 1. The van der Waals surface area contributed by atoms with Crippen LogP contribution in [0.5, 0.6) is 0 Å². The molecule has 1 atom stereocenters. The van der Waals surface area contributed by atoms with Crippen molar-refractivity contribution in [3.05, 3.63) is 64.4 Å². The van der Waals surface area contributed by atoms with Gasteiger partial charge in [0.1, 0.15) is 6.10 Å². The number of halogens is 3. The average Bonchev–Trinajstić information content (AvgIpc) is 3.23. The van der Waals surface area contributed by atoms with Crippen LogP contribution in [0, 0.1) is 0 Å². The molecule has 1 aromatic heterocycles. The molecule has 2 heterocycles. The van der Waals surface area contributed by atoms with Gasteiger partial charge in [-0.2, -0.15) is 13.2 Å². The van der Waals surface area contributed by atoms with Crippen LogP contribution in [-0.4, -0.2) is 75.8 Å². The van der Waals surface area contributed by atoms with Gasteiger partial charge in [-0.3, -0.25) is 14.6 Å². The van der Waals surface area contributed by atoms with E-state index in [1.54, 1.807) is 0 Å². The van der Waals surface area contributed by atoms with Gasteiger partial charge in [0.05, 0.1) is 37.9 Å². The molecule has 1 fully saturated rings. The summed E-state index contributed by atoms with van der Waals surface area (Å²) in [7, 11) is 0. The van der Waals surface area contributed by atoms with Gasteiger partial charge in [-0.05, 0) is 29.7 Å².